The van der Waals surface area contributed by atoms with Crippen LogP contribution < -0.4 is 10.1 Å². The lowest BCUT2D eigenvalue weighted by Gasteiger charge is -2.02. The van der Waals surface area contributed by atoms with Gasteiger partial charge in [-0.1, -0.05) is 53.7 Å². The first-order valence-corrected chi connectivity index (χ1v) is 11.4. The molecule has 158 valence electrons. The number of aromatic nitrogens is 3. The van der Waals surface area contributed by atoms with Gasteiger partial charge < -0.3 is 14.5 Å². The van der Waals surface area contributed by atoms with E-state index < -0.39 is 0 Å². The van der Waals surface area contributed by atoms with Crippen molar-refractivity contribution in [2.75, 3.05) is 11.1 Å². The van der Waals surface area contributed by atoms with E-state index in [0.29, 0.717) is 27.0 Å². The van der Waals surface area contributed by atoms with Gasteiger partial charge in [-0.2, -0.15) is 0 Å². The van der Waals surface area contributed by atoms with Crippen molar-refractivity contribution in [2.24, 2.45) is 0 Å². The zero-order valence-electron chi connectivity index (χ0n) is 16.4. The van der Waals surface area contributed by atoms with Crippen molar-refractivity contribution in [3.05, 3.63) is 70.4 Å². The number of ether oxygens (including phenoxy) is 1. The Morgan fingerprint density at radius 1 is 1.16 bits per heavy atom. The highest BCUT2D eigenvalue weighted by molar-refractivity contribution is 7.99. The van der Waals surface area contributed by atoms with E-state index in [4.69, 9.17) is 20.8 Å². The van der Waals surface area contributed by atoms with Crippen LogP contribution in [-0.2, 0) is 11.4 Å². The number of nitrogens with zero attached hydrogens (tertiary/aromatic N) is 3. The quantitative estimate of drug-likeness (QED) is 0.340. The molecule has 4 rings (SSSR count). The summed E-state index contributed by atoms with van der Waals surface area (Å²) in [5.41, 5.74) is 1.89. The number of anilines is 1. The van der Waals surface area contributed by atoms with E-state index in [1.54, 1.807) is 24.3 Å². The molecule has 0 saturated heterocycles. The van der Waals surface area contributed by atoms with Crippen LogP contribution in [0.5, 0.6) is 5.75 Å². The van der Waals surface area contributed by atoms with Crippen LogP contribution in [0.1, 0.15) is 10.8 Å². The molecule has 2 aromatic heterocycles. The van der Waals surface area contributed by atoms with Crippen LogP contribution in [0.25, 0.3) is 11.3 Å². The lowest BCUT2D eigenvalue weighted by Crippen LogP contribution is -2.13. The number of aryl methyl sites for hydroxylation is 1. The van der Waals surface area contributed by atoms with E-state index in [1.807, 2.05) is 37.3 Å². The number of carbonyl (C=O) groups is 1. The number of hydrogen-bond acceptors (Lipinski definition) is 8. The van der Waals surface area contributed by atoms with Gasteiger partial charge in [0, 0.05) is 15.5 Å². The average molecular weight is 473 g/mol. The predicted molar refractivity (Wildman–Crippen MR) is 122 cm³/mol. The highest BCUT2D eigenvalue weighted by Gasteiger charge is 2.14. The molecular weight excluding hydrogens is 456 g/mol. The second-order valence-electron chi connectivity index (χ2n) is 6.33. The van der Waals surface area contributed by atoms with Crippen molar-refractivity contribution in [3.8, 4) is 17.0 Å². The zero-order valence-corrected chi connectivity index (χ0v) is 18.8. The maximum Gasteiger partial charge on any atom is 0.277 e. The number of thiazole rings is 1. The van der Waals surface area contributed by atoms with Crippen molar-refractivity contribution in [3.63, 3.8) is 0 Å². The summed E-state index contributed by atoms with van der Waals surface area (Å²) in [6.07, 6.45) is 0. The number of thioether (sulfide) groups is 1. The summed E-state index contributed by atoms with van der Waals surface area (Å²) in [6.45, 7) is 2.11. The molecule has 0 spiro atoms. The Morgan fingerprint density at radius 2 is 1.94 bits per heavy atom. The normalized spacial score (nSPS) is 10.8. The molecule has 0 bridgehead atoms. The van der Waals surface area contributed by atoms with Gasteiger partial charge in [0.1, 0.15) is 5.75 Å². The monoisotopic (exact) mass is 472 g/mol. The van der Waals surface area contributed by atoms with E-state index in [1.165, 1.54) is 11.3 Å². The molecule has 0 fully saturated rings. The van der Waals surface area contributed by atoms with Crippen LogP contribution in [0, 0.1) is 6.92 Å². The molecule has 1 amide bonds. The van der Waals surface area contributed by atoms with Gasteiger partial charge in [0.15, 0.2) is 11.7 Å². The van der Waals surface area contributed by atoms with Crippen molar-refractivity contribution in [1.82, 2.24) is 15.2 Å². The van der Waals surface area contributed by atoms with Gasteiger partial charge in [-0.05, 0) is 31.2 Å². The number of carbonyl (C=O) groups excluding carboxylic acids is 1. The largest absolute Gasteiger partial charge is 0.484 e. The van der Waals surface area contributed by atoms with Crippen LogP contribution in [0.3, 0.4) is 0 Å². The van der Waals surface area contributed by atoms with E-state index in [9.17, 15) is 4.79 Å². The molecule has 7 nitrogen and oxygen atoms in total. The summed E-state index contributed by atoms with van der Waals surface area (Å²) in [5.74, 6) is 0.889. The molecule has 2 aromatic carbocycles. The molecule has 4 aromatic rings. The zero-order chi connectivity index (χ0) is 21.6. The van der Waals surface area contributed by atoms with Crippen LogP contribution in [-0.4, -0.2) is 26.8 Å². The van der Waals surface area contributed by atoms with Crippen LogP contribution in [0.4, 0.5) is 5.13 Å². The number of nitrogens with one attached hydrogen (secondary N) is 1. The number of rotatable bonds is 8. The third kappa shape index (κ3) is 5.84. The molecule has 0 aliphatic carbocycles. The Labute approximate surface area is 191 Å². The number of halogens is 1. The summed E-state index contributed by atoms with van der Waals surface area (Å²) in [7, 11) is 0. The SMILES string of the molecule is Cc1sc(NC(=O)CSc2nnc(COc3ccc(Cl)cc3)o2)nc1-c1ccccc1. The van der Waals surface area contributed by atoms with Crippen molar-refractivity contribution in [1.29, 1.82) is 0 Å². The summed E-state index contributed by atoms with van der Waals surface area (Å²) < 4.78 is 11.1. The summed E-state index contributed by atoms with van der Waals surface area (Å²) in [5, 5.41) is 12.2. The Bertz CT molecular complexity index is 1160. The fraction of sp³-hybridized carbons (Fsp3) is 0.143. The third-order valence-corrected chi connectivity index (χ3v) is 6.00. The van der Waals surface area contributed by atoms with Crippen molar-refractivity contribution in [2.45, 2.75) is 18.8 Å². The molecule has 2 heterocycles. The van der Waals surface area contributed by atoms with Gasteiger partial charge in [-0.3, -0.25) is 4.79 Å². The van der Waals surface area contributed by atoms with E-state index >= 15 is 0 Å². The Balaban J connectivity index is 1.27. The minimum absolute atomic E-state index is 0.124. The van der Waals surface area contributed by atoms with Crippen LogP contribution in [0.2, 0.25) is 5.02 Å². The minimum atomic E-state index is -0.199. The first-order valence-electron chi connectivity index (χ1n) is 9.23. The number of hydrogen-bond donors (Lipinski definition) is 1. The van der Waals surface area contributed by atoms with Gasteiger partial charge in [-0.25, -0.2) is 4.98 Å². The van der Waals surface area contributed by atoms with Gasteiger partial charge in [0.2, 0.25) is 5.91 Å². The molecule has 0 atom stereocenters. The molecule has 0 radical (unpaired) electrons. The fourth-order valence-corrected chi connectivity index (χ4v) is 4.19. The average Bonchev–Trinajstić information content (AvgIpc) is 3.38. The van der Waals surface area contributed by atoms with E-state index in [-0.39, 0.29) is 18.3 Å². The lowest BCUT2D eigenvalue weighted by atomic mass is 10.1. The molecule has 0 saturated carbocycles. The van der Waals surface area contributed by atoms with E-state index in [0.717, 1.165) is 27.9 Å². The highest BCUT2D eigenvalue weighted by Crippen LogP contribution is 2.30. The van der Waals surface area contributed by atoms with Gasteiger partial charge in [0.05, 0.1) is 11.4 Å². The highest BCUT2D eigenvalue weighted by atomic mass is 35.5. The maximum absolute atomic E-state index is 12.3. The van der Waals surface area contributed by atoms with E-state index in [2.05, 4.69) is 20.5 Å². The first-order chi connectivity index (χ1) is 15.1. The molecular formula is C21H17ClN4O3S2. The van der Waals surface area contributed by atoms with Crippen LogP contribution >= 0.6 is 34.7 Å². The van der Waals surface area contributed by atoms with Gasteiger partial charge in [-0.15, -0.1) is 21.5 Å². The van der Waals surface area contributed by atoms with Gasteiger partial charge >= 0.3 is 0 Å². The predicted octanol–water partition coefficient (Wildman–Crippen LogP) is 5.46. The van der Waals surface area contributed by atoms with Gasteiger partial charge in [0.25, 0.3) is 11.1 Å². The number of amides is 1. The standard InChI is InChI=1S/C21H17ClN4O3S2/c1-13-19(14-5-3-2-4-6-14)24-20(31-13)23-17(27)12-30-21-26-25-18(29-21)11-28-16-9-7-15(22)8-10-16/h2-10H,11-12H2,1H3,(H,23,24,27). The molecule has 0 aliphatic heterocycles. The minimum Gasteiger partial charge on any atom is -0.484 e. The molecule has 0 aliphatic rings. The summed E-state index contributed by atoms with van der Waals surface area (Å²) in [6, 6.07) is 16.8. The lowest BCUT2D eigenvalue weighted by molar-refractivity contribution is -0.113. The Morgan fingerprint density at radius 3 is 2.71 bits per heavy atom. The smallest absolute Gasteiger partial charge is 0.277 e. The summed E-state index contributed by atoms with van der Waals surface area (Å²) in [4.78, 5) is 17.9. The third-order valence-electron chi connectivity index (χ3n) is 4.04. The molecule has 31 heavy (non-hydrogen) atoms. The molecule has 1 N–H and O–H groups in total. The molecule has 0 unspecified atom stereocenters. The van der Waals surface area contributed by atoms with Crippen molar-refractivity contribution >= 4 is 45.7 Å². The Kier molecular flexibility index (Phi) is 6.86. The maximum atomic E-state index is 12.3. The van der Waals surface area contributed by atoms with Crippen molar-refractivity contribution < 1.29 is 13.9 Å². The second-order valence-corrected chi connectivity index (χ2v) is 8.90. The number of benzene rings is 2. The Hall–Kier alpha value is -2.88. The molecule has 10 heteroatoms. The first kappa shape index (κ1) is 21.4. The second kappa shape index (κ2) is 9.95. The topological polar surface area (TPSA) is 90.1 Å². The van der Waals surface area contributed by atoms with Crippen LogP contribution in [0.15, 0.2) is 64.2 Å². The summed E-state index contributed by atoms with van der Waals surface area (Å²) >= 11 is 8.44. The fourth-order valence-electron chi connectivity index (χ4n) is 2.63.